The van der Waals surface area contributed by atoms with Gasteiger partial charge in [0.25, 0.3) is 5.91 Å². The third-order valence-electron chi connectivity index (χ3n) is 4.48. The highest BCUT2D eigenvalue weighted by atomic mass is 16.2. The summed E-state index contributed by atoms with van der Waals surface area (Å²) in [5, 5.41) is 5.79. The first kappa shape index (κ1) is 19.3. The largest absolute Gasteiger partial charge is 0.352 e. The van der Waals surface area contributed by atoms with Gasteiger partial charge < -0.3 is 10.6 Å². The Balaban J connectivity index is 1.51. The van der Waals surface area contributed by atoms with Crippen LogP contribution in [-0.4, -0.2) is 16.8 Å². The second-order valence-corrected chi connectivity index (χ2v) is 6.60. The highest BCUT2D eigenvalue weighted by Crippen LogP contribution is 2.13. The van der Waals surface area contributed by atoms with Crippen molar-refractivity contribution in [3.05, 3.63) is 95.3 Å². The molecule has 0 fully saturated rings. The van der Waals surface area contributed by atoms with Gasteiger partial charge in [-0.25, -0.2) is 0 Å². The topological polar surface area (TPSA) is 71.1 Å². The van der Waals surface area contributed by atoms with E-state index in [2.05, 4.69) is 34.7 Å². The highest BCUT2D eigenvalue weighted by molar-refractivity contribution is 6.04. The summed E-state index contributed by atoms with van der Waals surface area (Å²) in [4.78, 5) is 28.3. The first-order valence-electron chi connectivity index (χ1n) is 9.23. The van der Waals surface area contributed by atoms with Crippen LogP contribution < -0.4 is 10.6 Å². The lowest BCUT2D eigenvalue weighted by atomic mass is 10.0. The van der Waals surface area contributed by atoms with Crippen molar-refractivity contribution in [2.45, 2.75) is 26.3 Å². The van der Waals surface area contributed by atoms with Crippen molar-refractivity contribution in [3.63, 3.8) is 0 Å². The van der Waals surface area contributed by atoms with Crippen LogP contribution >= 0.6 is 0 Å². The molecule has 0 atom stereocenters. The van der Waals surface area contributed by atoms with Gasteiger partial charge in [0.15, 0.2) is 0 Å². The molecule has 0 aliphatic carbocycles. The molecule has 2 aromatic carbocycles. The van der Waals surface area contributed by atoms with Crippen molar-refractivity contribution >= 4 is 17.5 Å². The molecule has 0 spiro atoms. The number of hydrogen-bond acceptors (Lipinski definition) is 3. The zero-order chi connectivity index (χ0) is 19.8. The molecule has 5 nitrogen and oxygen atoms in total. The predicted molar refractivity (Wildman–Crippen MR) is 110 cm³/mol. The number of carbonyl (C=O) groups excluding carboxylic acids is 2. The van der Waals surface area contributed by atoms with E-state index in [9.17, 15) is 9.59 Å². The number of benzene rings is 2. The molecule has 0 saturated heterocycles. The van der Waals surface area contributed by atoms with Crippen LogP contribution in [0, 0.1) is 6.92 Å². The summed E-state index contributed by atoms with van der Waals surface area (Å²) in [5.74, 6) is -0.208. The zero-order valence-electron chi connectivity index (χ0n) is 15.8. The monoisotopic (exact) mass is 373 g/mol. The first-order chi connectivity index (χ1) is 13.6. The molecule has 3 aromatic rings. The average Bonchev–Trinajstić information content (AvgIpc) is 2.72. The molecule has 0 aliphatic heterocycles. The summed E-state index contributed by atoms with van der Waals surface area (Å²) < 4.78 is 0. The molecule has 2 N–H and O–H groups in total. The Labute approximate surface area is 164 Å². The smallest absolute Gasteiger partial charge is 0.257 e. The highest BCUT2D eigenvalue weighted by Gasteiger charge is 2.07. The van der Waals surface area contributed by atoms with Gasteiger partial charge in [-0.3, -0.25) is 14.6 Å². The van der Waals surface area contributed by atoms with E-state index < -0.39 is 0 Å². The number of aromatic nitrogens is 1. The minimum absolute atomic E-state index is 0.00746. The fraction of sp³-hybridized carbons (Fsp3) is 0.174. The quantitative estimate of drug-likeness (QED) is 0.660. The number of amides is 2. The predicted octanol–water partition coefficient (Wildman–Crippen LogP) is 3.89. The summed E-state index contributed by atoms with van der Waals surface area (Å²) in [6.45, 7) is 2.47. The fourth-order valence-electron chi connectivity index (χ4n) is 2.89. The number of aryl methyl sites for hydroxylation is 2. The second-order valence-electron chi connectivity index (χ2n) is 6.60. The molecule has 3 rings (SSSR count). The summed E-state index contributed by atoms with van der Waals surface area (Å²) in [7, 11) is 0. The van der Waals surface area contributed by atoms with Gasteiger partial charge in [-0.2, -0.15) is 0 Å². The molecule has 0 saturated carbocycles. The molecule has 28 heavy (non-hydrogen) atoms. The first-order valence-corrected chi connectivity index (χ1v) is 9.23. The third-order valence-corrected chi connectivity index (χ3v) is 4.48. The molecular formula is C23H23N3O2. The molecule has 5 heteroatoms. The third kappa shape index (κ3) is 5.51. The maximum atomic E-state index is 12.2. The van der Waals surface area contributed by atoms with Crippen LogP contribution in [0.25, 0.3) is 0 Å². The van der Waals surface area contributed by atoms with Crippen LogP contribution in [0.5, 0.6) is 0 Å². The van der Waals surface area contributed by atoms with Gasteiger partial charge in [0.2, 0.25) is 5.91 Å². The maximum absolute atomic E-state index is 12.2. The molecule has 0 aliphatic rings. The summed E-state index contributed by atoms with van der Waals surface area (Å²) in [5.41, 5.74) is 4.50. The van der Waals surface area contributed by atoms with Gasteiger partial charge in [0.05, 0.1) is 5.56 Å². The number of nitrogens with one attached hydrogen (secondary N) is 2. The van der Waals surface area contributed by atoms with Gasteiger partial charge in [-0.15, -0.1) is 0 Å². The second kappa shape index (κ2) is 9.46. The van der Waals surface area contributed by atoms with E-state index in [0.717, 1.165) is 12.0 Å². The van der Waals surface area contributed by atoms with E-state index in [1.807, 2.05) is 36.4 Å². The van der Waals surface area contributed by atoms with E-state index in [-0.39, 0.29) is 11.8 Å². The van der Waals surface area contributed by atoms with Gasteiger partial charge in [-0.05, 0) is 54.3 Å². The van der Waals surface area contributed by atoms with Gasteiger partial charge in [0, 0.05) is 31.0 Å². The van der Waals surface area contributed by atoms with E-state index in [4.69, 9.17) is 0 Å². The minimum Gasteiger partial charge on any atom is -0.352 e. The van der Waals surface area contributed by atoms with Gasteiger partial charge in [-0.1, -0.05) is 36.4 Å². The number of rotatable bonds is 7. The molecule has 1 aromatic heterocycles. The van der Waals surface area contributed by atoms with E-state index in [0.29, 0.717) is 24.2 Å². The Kier molecular flexibility index (Phi) is 6.52. The summed E-state index contributed by atoms with van der Waals surface area (Å²) in [6, 6.07) is 19.0. The van der Waals surface area contributed by atoms with Crippen LogP contribution in [-0.2, 0) is 17.8 Å². The van der Waals surface area contributed by atoms with Crippen molar-refractivity contribution in [2.75, 3.05) is 5.32 Å². The van der Waals surface area contributed by atoms with Crippen molar-refractivity contribution in [1.82, 2.24) is 10.3 Å². The molecule has 0 unspecified atom stereocenters. The molecular weight excluding hydrogens is 350 g/mol. The van der Waals surface area contributed by atoms with Crippen LogP contribution in [0.1, 0.15) is 33.5 Å². The van der Waals surface area contributed by atoms with Crippen LogP contribution in [0.3, 0.4) is 0 Å². The van der Waals surface area contributed by atoms with E-state index in [1.165, 1.54) is 17.3 Å². The van der Waals surface area contributed by atoms with Crippen LogP contribution in [0.2, 0.25) is 0 Å². The Bertz CT molecular complexity index is 955. The molecule has 2 amide bonds. The maximum Gasteiger partial charge on any atom is 0.257 e. The minimum atomic E-state index is -0.215. The zero-order valence-corrected chi connectivity index (χ0v) is 15.8. The van der Waals surface area contributed by atoms with E-state index >= 15 is 0 Å². The summed E-state index contributed by atoms with van der Waals surface area (Å²) in [6.07, 6.45) is 4.31. The molecule has 142 valence electrons. The number of hydrogen-bond donors (Lipinski definition) is 2. The number of carbonyl (C=O) groups is 2. The van der Waals surface area contributed by atoms with Crippen molar-refractivity contribution in [2.24, 2.45) is 0 Å². The normalized spacial score (nSPS) is 10.3. The number of nitrogens with zero attached hydrogens (tertiary/aromatic N) is 1. The summed E-state index contributed by atoms with van der Waals surface area (Å²) >= 11 is 0. The Hall–Kier alpha value is -3.47. The Morgan fingerprint density at radius 2 is 1.86 bits per heavy atom. The van der Waals surface area contributed by atoms with Crippen LogP contribution in [0.4, 0.5) is 5.69 Å². The Morgan fingerprint density at radius 1 is 1.00 bits per heavy atom. The fourth-order valence-corrected chi connectivity index (χ4v) is 2.89. The lowest BCUT2D eigenvalue weighted by Crippen LogP contribution is -2.23. The van der Waals surface area contributed by atoms with Crippen LogP contribution in [0.15, 0.2) is 73.1 Å². The van der Waals surface area contributed by atoms with Crippen molar-refractivity contribution in [1.29, 1.82) is 0 Å². The number of pyridine rings is 1. The van der Waals surface area contributed by atoms with Gasteiger partial charge >= 0.3 is 0 Å². The number of anilines is 1. The SMILES string of the molecule is Cc1ccccc1CCC(=O)NCc1cccc(NC(=O)c2cccnc2)c1. The lowest BCUT2D eigenvalue weighted by Gasteiger charge is -2.09. The standard InChI is InChI=1S/C23H23N3O2/c1-17-6-2-3-8-19(17)11-12-22(27)25-15-18-7-4-10-21(14-18)26-23(28)20-9-5-13-24-16-20/h2-10,13-14,16H,11-12,15H2,1H3,(H,25,27)(H,26,28). The van der Waals surface area contributed by atoms with Gasteiger partial charge in [0.1, 0.15) is 0 Å². The Morgan fingerprint density at radius 3 is 2.64 bits per heavy atom. The lowest BCUT2D eigenvalue weighted by molar-refractivity contribution is -0.121. The van der Waals surface area contributed by atoms with Crippen molar-refractivity contribution in [3.8, 4) is 0 Å². The van der Waals surface area contributed by atoms with Crippen molar-refractivity contribution < 1.29 is 9.59 Å². The van der Waals surface area contributed by atoms with E-state index in [1.54, 1.807) is 18.3 Å². The molecule has 0 bridgehead atoms. The molecule has 0 radical (unpaired) electrons. The molecule has 1 heterocycles. The average molecular weight is 373 g/mol.